The van der Waals surface area contributed by atoms with Gasteiger partial charge in [-0.1, -0.05) is 30.3 Å². The summed E-state index contributed by atoms with van der Waals surface area (Å²) < 4.78 is 0. The third-order valence-electron chi connectivity index (χ3n) is 3.39. The van der Waals surface area contributed by atoms with Gasteiger partial charge in [0.2, 0.25) is 0 Å². The summed E-state index contributed by atoms with van der Waals surface area (Å²) in [5.74, 6) is -0.648. The smallest absolute Gasteiger partial charge is 0.282 e. The fourth-order valence-electron chi connectivity index (χ4n) is 2.05. The maximum atomic E-state index is 12.2. The lowest BCUT2D eigenvalue weighted by atomic mass is 10.1. The Hall–Kier alpha value is -2.54. The molecule has 7 heteroatoms. The van der Waals surface area contributed by atoms with Crippen molar-refractivity contribution in [1.82, 2.24) is 15.2 Å². The monoisotopic (exact) mass is 345 g/mol. The number of aldehydes is 1. The molecule has 2 amide bonds. The number of rotatable bonds is 7. The number of hydrogen-bond acceptors (Lipinski definition) is 5. The van der Waals surface area contributed by atoms with Crippen LogP contribution in [0.5, 0.6) is 0 Å². The molecule has 0 spiro atoms. The summed E-state index contributed by atoms with van der Waals surface area (Å²) in [7, 11) is 3.24. The van der Waals surface area contributed by atoms with Crippen molar-refractivity contribution in [1.29, 1.82) is 0 Å². The van der Waals surface area contributed by atoms with Crippen molar-refractivity contribution < 1.29 is 14.4 Å². The van der Waals surface area contributed by atoms with E-state index in [2.05, 4.69) is 10.3 Å². The van der Waals surface area contributed by atoms with Crippen LogP contribution in [-0.4, -0.2) is 48.1 Å². The Labute approximate surface area is 144 Å². The summed E-state index contributed by atoms with van der Waals surface area (Å²) in [6.45, 7) is 0. The number of amides is 2. The Balaban J connectivity index is 1.94. The van der Waals surface area contributed by atoms with Gasteiger partial charge in [0.1, 0.15) is 11.2 Å². The minimum absolute atomic E-state index is 0.247. The molecule has 1 aromatic carbocycles. The quantitative estimate of drug-likeness (QED) is 0.776. The topological polar surface area (TPSA) is 79.4 Å². The highest BCUT2D eigenvalue weighted by atomic mass is 32.1. The zero-order valence-electron chi connectivity index (χ0n) is 13.6. The zero-order valence-corrected chi connectivity index (χ0v) is 14.4. The molecule has 126 valence electrons. The van der Waals surface area contributed by atoms with Crippen molar-refractivity contribution in [2.45, 2.75) is 18.9 Å². The predicted molar refractivity (Wildman–Crippen MR) is 92.2 cm³/mol. The first-order valence-electron chi connectivity index (χ1n) is 7.49. The fourth-order valence-corrected chi connectivity index (χ4v) is 2.89. The van der Waals surface area contributed by atoms with E-state index >= 15 is 0 Å². The lowest BCUT2D eigenvalue weighted by molar-refractivity contribution is -0.109. The van der Waals surface area contributed by atoms with Crippen molar-refractivity contribution >= 4 is 29.4 Å². The minimum Gasteiger partial charge on any atom is -0.343 e. The number of aryl methyl sites for hydroxylation is 1. The molecule has 1 atom stereocenters. The van der Waals surface area contributed by atoms with Crippen molar-refractivity contribution in [3.05, 3.63) is 52.0 Å². The van der Waals surface area contributed by atoms with Crippen LogP contribution >= 0.6 is 11.3 Å². The van der Waals surface area contributed by atoms with E-state index in [-0.39, 0.29) is 10.9 Å². The highest BCUT2D eigenvalue weighted by molar-refractivity contribution is 7.15. The van der Waals surface area contributed by atoms with Crippen molar-refractivity contribution in [2.75, 3.05) is 14.1 Å². The van der Waals surface area contributed by atoms with Gasteiger partial charge in [-0.25, -0.2) is 4.98 Å². The first-order valence-corrected chi connectivity index (χ1v) is 8.30. The zero-order chi connectivity index (χ0) is 17.5. The van der Waals surface area contributed by atoms with Gasteiger partial charge in [0, 0.05) is 14.1 Å². The third-order valence-corrected chi connectivity index (χ3v) is 4.37. The summed E-state index contributed by atoms with van der Waals surface area (Å²) in [5.41, 5.74) is 1.11. The van der Waals surface area contributed by atoms with Gasteiger partial charge < -0.3 is 15.0 Å². The molecule has 0 bridgehead atoms. The normalized spacial score (nSPS) is 11.6. The number of benzene rings is 1. The molecule has 0 radical (unpaired) electrons. The Kier molecular flexibility index (Phi) is 6.20. The van der Waals surface area contributed by atoms with Crippen LogP contribution in [0.25, 0.3) is 0 Å². The summed E-state index contributed by atoms with van der Waals surface area (Å²) in [6.07, 6.45) is 3.29. The van der Waals surface area contributed by atoms with Crippen molar-refractivity contribution in [3.8, 4) is 0 Å². The molecule has 1 N–H and O–H groups in total. The highest BCUT2D eigenvalue weighted by Gasteiger charge is 2.19. The van der Waals surface area contributed by atoms with Gasteiger partial charge in [-0.05, 0) is 18.4 Å². The van der Waals surface area contributed by atoms with E-state index < -0.39 is 11.9 Å². The molecule has 0 unspecified atom stereocenters. The molecule has 0 saturated carbocycles. The predicted octanol–water partition coefficient (Wildman–Crippen LogP) is 1.77. The summed E-state index contributed by atoms with van der Waals surface area (Å²) in [5, 5.41) is 2.92. The van der Waals surface area contributed by atoms with Crippen molar-refractivity contribution in [2.24, 2.45) is 0 Å². The molecule has 0 aliphatic rings. The molecular formula is C17H19N3O3S. The van der Waals surface area contributed by atoms with Crippen LogP contribution < -0.4 is 5.32 Å². The minimum atomic E-state index is -0.576. The van der Waals surface area contributed by atoms with E-state index in [1.54, 1.807) is 14.1 Å². The van der Waals surface area contributed by atoms with E-state index in [9.17, 15) is 14.4 Å². The molecule has 0 aliphatic heterocycles. The molecule has 1 heterocycles. The van der Waals surface area contributed by atoms with Gasteiger partial charge in [-0.2, -0.15) is 0 Å². The summed E-state index contributed by atoms with van der Waals surface area (Å²) in [4.78, 5) is 40.9. The van der Waals surface area contributed by atoms with Gasteiger partial charge in [-0.3, -0.25) is 9.59 Å². The first-order chi connectivity index (χ1) is 11.5. The number of aromatic nitrogens is 1. The van der Waals surface area contributed by atoms with E-state index in [1.165, 1.54) is 11.1 Å². The van der Waals surface area contributed by atoms with Gasteiger partial charge in [0.25, 0.3) is 11.8 Å². The first kappa shape index (κ1) is 17.8. The molecular weight excluding hydrogens is 326 g/mol. The van der Waals surface area contributed by atoms with Crippen LogP contribution in [0.15, 0.2) is 36.5 Å². The Morgan fingerprint density at radius 3 is 2.62 bits per heavy atom. The van der Waals surface area contributed by atoms with Crippen LogP contribution in [-0.2, 0) is 11.2 Å². The molecule has 2 rings (SSSR count). The lowest BCUT2D eigenvalue weighted by Gasteiger charge is -2.11. The molecule has 0 aliphatic carbocycles. The Bertz CT molecular complexity index is 713. The van der Waals surface area contributed by atoms with Gasteiger partial charge >= 0.3 is 0 Å². The van der Waals surface area contributed by atoms with Gasteiger partial charge in [-0.15, -0.1) is 11.3 Å². The lowest BCUT2D eigenvalue weighted by Crippen LogP contribution is -2.36. The van der Waals surface area contributed by atoms with Gasteiger partial charge in [0.05, 0.1) is 12.2 Å². The molecule has 1 aromatic heterocycles. The van der Waals surface area contributed by atoms with Crippen LogP contribution in [0.2, 0.25) is 0 Å². The molecule has 2 aromatic rings. The van der Waals surface area contributed by atoms with Crippen LogP contribution in [0.1, 0.15) is 31.5 Å². The van der Waals surface area contributed by atoms with E-state index in [4.69, 9.17) is 0 Å². The Morgan fingerprint density at radius 2 is 2.00 bits per heavy atom. The van der Waals surface area contributed by atoms with Crippen LogP contribution in [0, 0.1) is 0 Å². The second-order valence-electron chi connectivity index (χ2n) is 5.47. The number of carbonyl (C=O) groups is 3. The van der Waals surface area contributed by atoms with E-state index in [1.807, 2.05) is 30.3 Å². The van der Waals surface area contributed by atoms with Crippen LogP contribution in [0.4, 0.5) is 0 Å². The van der Waals surface area contributed by atoms with Crippen LogP contribution in [0.3, 0.4) is 0 Å². The highest BCUT2D eigenvalue weighted by Crippen LogP contribution is 2.14. The standard InChI is InChI=1S/C17H19N3O3S/c1-20(2)17(23)16-18-10-14(24-16)15(22)19-13(11-21)9-8-12-6-4-3-5-7-12/h3-7,10-11,13H,8-9H2,1-2H3,(H,19,22)/t13-/m0/s1. The molecule has 24 heavy (non-hydrogen) atoms. The number of thiazole rings is 1. The average molecular weight is 345 g/mol. The average Bonchev–Trinajstić information content (AvgIpc) is 3.08. The second kappa shape index (κ2) is 8.35. The Morgan fingerprint density at radius 1 is 1.29 bits per heavy atom. The fraction of sp³-hybridized carbons (Fsp3) is 0.294. The molecule has 0 saturated heterocycles. The van der Waals surface area contributed by atoms with E-state index in [0.29, 0.717) is 17.7 Å². The maximum Gasteiger partial charge on any atom is 0.282 e. The second-order valence-corrected chi connectivity index (χ2v) is 6.50. The largest absolute Gasteiger partial charge is 0.343 e. The van der Waals surface area contributed by atoms with Crippen molar-refractivity contribution in [3.63, 3.8) is 0 Å². The van der Waals surface area contributed by atoms with E-state index in [0.717, 1.165) is 23.2 Å². The molecule has 6 nitrogen and oxygen atoms in total. The number of hydrogen-bond donors (Lipinski definition) is 1. The number of carbonyl (C=O) groups excluding carboxylic acids is 3. The molecule has 0 fully saturated rings. The maximum absolute atomic E-state index is 12.2. The number of nitrogens with one attached hydrogen (secondary N) is 1. The SMILES string of the molecule is CN(C)C(=O)c1ncc(C(=O)N[C@H](C=O)CCc2ccccc2)s1. The summed E-state index contributed by atoms with van der Waals surface area (Å²) >= 11 is 1.01. The summed E-state index contributed by atoms with van der Waals surface area (Å²) in [6, 6.07) is 9.18. The third kappa shape index (κ3) is 4.73. The number of nitrogens with zero attached hydrogens (tertiary/aromatic N) is 2. The van der Waals surface area contributed by atoms with Gasteiger partial charge in [0.15, 0.2) is 5.01 Å².